The zero-order chi connectivity index (χ0) is 15.0. The SMILES string of the molecule is CCc1nc(N)ccc1-c1cccc2ccc(=O)n(C)c12. The molecule has 0 unspecified atom stereocenters. The zero-order valence-electron chi connectivity index (χ0n) is 12.1. The van der Waals surface area contributed by atoms with Crippen LogP contribution in [0.4, 0.5) is 5.82 Å². The molecule has 0 atom stereocenters. The predicted molar refractivity (Wildman–Crippen MR) is 86.2 cm³/mol. The second-order valence-electron chi connectivity index (χ2n) is 5.06. The van der Waals surface area contributed by atoms with Crippen molar-refractivity contribution in [3.63, 3.8) is 0 Å². The van der Waals surface area contributed by atoms with Crippen molar-refractivity contribution in [2.75, 3.05) is 5.73 Å². The molecule has 4 nitrogen and oxygen atoms in total. The van der Waals surface area contributed by atoms with E-state index < -0.39 is 0 Å². The number of pyridine rings is 2. The van der Waals surface area contributed by atoms with Crippen LogP contribution in [-0.4, -0.2) is 9.55 Å². The third-order valence-electron chi connectivity index (χ3n) is 3.76. The van der Waals surface area contributed by atoms with Crippen molar-refractivity contribution in [1.82, 2.24) is 9.55 Å². The average Bonchev–Trinajstić information content (AvgIpc) is 2.50. The summed E-state index contributed by atoms with van der Waals surface area (Å²) in [6, 6.07) is 13.3. The molecule has 2 aromatic heterocycles. The van der Waals surface area contributed by atoms with Gasteiger partial charge in [-0.3, -0.25) is 4.79 Å². The highest BCUT2D eigenvalue weighted by Crippen LogP contribution is 2.30. The van der Waals surface area contributed by atoms with Gasteiger partial charge in [-0.1, -0.05) is 25.1 Å². The van der Waals surface area contributed by atoms with Crippen molar-refractivity contribution in [2.24, 2.45) is 7.05 Å². The summed E-state index contributed by atoms with van der Waals surface area (Å²) >= 11 is 0. The Morgan fingerprint density at radius 2 is 1.90 bits per heavy atom. The maximum absolute atomic E-state index is 12.0. The molecule has 0 aliphatic rings. The summed E-state index contributed by atoms with van der Waals surface area (Å²) in [5.41, 5.74) is 9.67. The number of aromatic nitrogens is 2. The van der Waals surface area contributed by atoms with Crippen molar-refractivity contribution >= 4 is 16.7 Å². The Bertz CT molecular complexity index is 881. The summed E-state index contributed by atoms with van der Waals surface area (Å²) in [6.45, 7) is 2.05. The number of nitrogen functional groups attached to an aromatic ring is 1. The number of rotatable bonds is 2. The molecule has 0 bridgehead atoms. The van der Waals surface area contributed by atoms with Gasteiger partial charge in [-0.05, 0) is 30.0 Å². The van der Waals surface area contributed by atoms with Crippen molar-refractivity contribution < 1.29 is 0 Å². The number of aryl methyl sites for hydroxylation is 2. The van der Waals surface area contributed by atoms with Gasteiger partial charge in [0.2, 0.25) is 0 Å². The van der Waals surface area contributed by atoms with Crippen LogP contribution >= 0.6 is 0 Å². The van der Waals surface area contributed by atoms with E-state index in [1.807, 2.05) is 30.3 Å². The minimum absolute atomic E-state index is 0.0172. The normalized spacial score (nSPS) is 11.0. The Morgan fingerprint density at radius 3 is 2.67 bits per heavy atom. The van der Waals surface area contributed by atoms with Gasteiger partial charge < -0.3 is 10.3 Å². The standard InChI is InChI=1S/C17H17N3O/c1-3-14-12(8-9-15(18)19-14)13-6-4-5-11-7-10-16(21)20(2)17(11)13/h4-10H,3H2,1-2H3,(H2,18,19). The molecule has 1 aromatic carbocycles. The number of benzene rings is 1. The summed E-state index contributed by atoms with van der Waals surface area (Å²) in [4.78, 5) is 16.4. The molecular weight excluding hydrogens is 262 g/mol. The molecule has 106 valence electrons. The molecule has 3 aromatic rings. The van der Waals surface area contributed by atoms with Gasteiger partial charge in [0.05, 0.1) is 11.2 Å². The maximum Gasteiger partial charge on any atom is 0.250 e. The highest BCUT2D eigenvalue weighted by atomic mass is 16.1. The minimum Gasteiger partial charge on any atom is -0.384 e. The van der Waals surface area contributed by atoms with Crippen molar-refractivity contribution in [3.05, 3.63) is 58.5 Å². The summed E-state index contributed by atoms with van der Waals surface area (Å²) in [6.07, 6.45) is 0.789. The fourth-order valence-electron chi connectivity index (χ4n) is 2.70. The van der Waals surface area contributed by atoms with E-state index in [9.17, 15) is 4.79 Å². The van der Waals surface area contributed by atoms with Gasteiger partial charge in [0.25, 0.3) is 5.56 Å². The van der Waals surface area contributed by atoms with Crippen LogP contribution in [0, 0.1) is 0 Å². The molecule has 21 heavy (non-hydrogen) atoms. The Kier molecular flexibility index (Phi) is 3.22. The maximum atomic E-state index is 12.0. The topological polar surface area (TPSA) is 60.9 Å². The number of hydrogen-bond acceptors (Lipinski definition) is 3. The van der Waals surface area contributed by atoms with Gasteiger partial charge in [-0.25, -0.2) is 4.98 Å². The largest absolute Gasteiger partial charge is 0.384 e. The summed E-state index contributed by atoms with van der Waals surface area (Å²) < 4.78 is 1.68. The lowest BCUT2D eigenvalue weighted by Crippen LogP contribution is -2.15. The highest BCUT2D eigenvalue weighted by Gasteiger charge is 2.11. The number of anilines is 1. The Balaban J connectivity index is 2.41. The molecule has 2 heterocycles. The minimum atomic E-state index is -0.0172. The summed E-state index contributed by atoms with van der Waals surface area (Å²) in [7, 11) is 1.80. The lowest BCUT2D eigenvalue weighted by molar-refractivity contribution is 0.906. The van der Waals surface area contributed by atoms with Crippen molar-refractivity contribution in [1.29, 1.82) is 0 Å². The first-order chi connectivity index (χ1) is 10.1. The quantitative estimate of drug-likeness (QED) is 0.784. The van der Waals surface area contributed by atoms with E-state index >= 15 is 0 Å². The molecule has 0 saturated carbocycles. The van der Waals surface area contributed by atoms with E-state index in [1.165, 1.54) is 0 Å². The smallest absolute Gasteiger partial charge is 0.250 e. The molecule has 4 heteroatoms. The van der Waals surface area contributed by atoms with Gasteiger partial charge in [-0.2, -0.15) is 0 Å². The number of nitrogens with zero attached hydrogens (tertiary/aromatic N) is 2. The van der Waals surface area contributed by atoms with Crippen LogP contribution < -0.4 is 11.3 Å². The number of fused-ring (bicyclic) bond motifs is 1. The molecule has 3 rings (SSSR count). The van der Waals surface area contributed by atoms with Gasteiger partial charge >= 0.3 is 0 Å². The van der Waals surface area contributed by atoms with Crippen LogP contribution in [-0.2, 0) is 13.5 Å². The molecule has 0 aliphatic heterocycles. The lowest BCUT2D eigenvalue weighted by atomic mass is 9.99. The molecule has 0 spiro atoms. The summed E-state index contributed by atoms with van der Waals surface area (Å²) in [5, 5.41) is 1.04. The Morgan fingerprint density at radius 1 is 1.10 bits per heavy atom. The lowest BCUT2D eigenvalue weighted by Gasteiger charge is -2.13. The third kappa shape index (κ3) is 2.18. The summed E-state index contributed by atoms with van der Waals surface area (Å²) in [5.74, 6) is 0.518. The van der Waals surface area contributed by atoms with E-state index in [-0.39, 0.29) is 5.56 Å². The van der Waals surface area contributed by atoms with Crippen molar-refractivity contribution in [3.8, 4) is 11.1 Å². The molecule has 0 aliphatic carbocycles. The van der Waals surface area contributed by atoms with Crippen LogP contribution in [0.15, 0.2) is 47.3 Å². The fraction of sp³-hybridized carbons (Fsp3) is 0.176. The van der Waals surface area contributed by atoms with E-state index in [1.54, 1.807) is 23.7 Å². The Hall–Kier alpha value is -2.62. The Labute approximate surface area is 122 Å². The zero-order valence-corrected chi connectivity index (χ0v) is 12.1. The first-order valence-corrected chi connectivity index (χ1v) is 6.96. The van der Waals surface area contributed by atoms with Gasteiger partial charge in [0, 0.05) is 24.2 Å². The van der Waals surface area contributed by atoms with Crippen LogP contribution in [0.1, 0.15) is 12.6 Å². The van der Waals surface area contributed by atoms with Gasteiger partial charge in [0.15, 0.2) is 0 Å². The first-order valence-electron chi connectivity index (χ1n) is 6.96. The van der Waals surface area contributed by atoms with Crippen LogP contribution in [0.5, 0.6) is 0 Å². The molecule has 2 N–H and O–H groups in total. The predicted octanol–water partition coefficient (Wildman–Crippen LogP) is 2.75. The average molecular weight is 279 g/mol. The van der Waals surface area contributed by atoms with Gasteiger partial charge in [-0.15, -0.1) is 0 Å². The van der Waals surface area contributed by atoms with E-state index in [0.717, 1.165) is 34.1 Å². The monoisotopic (exact) mass is 279 g/mol. The van der Waals surface area contributed by atoms with Crippen LogP contribution in [0.25, 0.3) is 22.0 Å². The second kappa shape index (κ2) is 5.05. The molecular formula is C17H17N3O. The van der Waals surface area contributed by atoms with Crippen molar-refractivity contribution in [2.45, 2.75) is 13.3 Å². The molecule has 0 saturated heterocycles. The molecule has 0 radical (unpaired) electrons. The second-order valence-corrected chi connectivity index (χ2v) is 5.06. The van der Waals surface area contributed by atoms with Gasteiger partial charge in [0.1, 0.15) is 5.82 Å². The fourth-order valence-corrected chi connectivity index (χ4v) is 2.70. The van der Waals surface area contributed by atoms with Crippen LogP contribution in [0.2, 0.25) is 0 Å². The third-order valence-corrected chi connectivity index (χ3v) is 3.76. The molecule has 0 fully saturated rings. The van der Waals surface area contributed by atoms with E-state index in [2.05, 4.69) is 11.9 Å². The van der Waals surface area contributed by atoms with Crippen LogP contribution in [0.3, 0.4) is 0 Å². The van der Waals surface area contributed by atoms with E-state index in [4.69, 9.17) is 5.73 Å². The number of hydrogen-bond donors (Lipinski definition) is 1. The number of para-hydroxylation sites is 1. The van der Waals surface area contributed by atoms with E-state index in [0.29, 0.717) is 5.82 Å². The number of nitrogens with two attached hydrogens (primary N) is 1. The highest BCUT2D eigenvalue weighted by molar-refractivity contribution is 5.94. The first kappa shape index (κ1) is 13.4. The molecule has 0 amide bonds.